The summed E-state index contributed by atoms with van der Waals surface area (Å²) in [4.78, 5) is 26.3. The fraction of sp³-hybridized carbons (Fsp3) is 0.167. The van der Waals surface area contributed by atoms with Crippen molar-refractivity contribution in [3.63, 3.8) is 0 Å². The van der Waals surface area contributed by atoms with Crippen molar-refractivity contribution in [1.29, 1.82) is 0 Å². The van der Waals surface area contributed by atoms with Gasteiger partial charge in [0, 0.05) is 5.69 Å². The van der Waals surface area contributed by atoms with Gasteiger partial charge in [0.05, 0.1) is 0 Å². The largest absolute Gasteiger partial charge is 0.459 e. The molecule has 0 heterocycles. The highest BCUT2D eigenvalue weighted by Crippen LogP contribution is 2.14. The zero-order valence-corrected chi connectivity index (χ0v) is 16.1. The van der Waals surface area contributed by atoms with E-state index in [1.807, 2.05) is 91.0 Å². The quantitative estimate of drug-likeness (QED) is 0.518. The Morgan fingerprint density at radius 2 is 0.966 bits per heavy atom. The molecule has 0 aromatic heterocycles. The van der Waals surface area contributed by atoms with Crippen LogP contribution in [0.1, 0.15) is 11.1 Å². The summed E-state index contributed by atoms with van der Waals surface area (Å²) >= 11 is 0. The first-order chi connectivity index (χ1) is 14.2. The summed E-state index contributed by atoms with van der Waals surface area (Å²) in [5.74, 6) is -0.817. The maximum Gasteiger partial charge on any atom is 0.325 e. The van der Waals surface area contributed by atoms with E-state index in [4.69, 9.17) is 9.47 Å². The van der Waals surface area contributed by atoms with Crippen molar-refractivity contribution in [2.75, 3.05) is 18.0 Å². The summed E-state index contributed by atoms with van der Waals surface area (Å²) in [6, 6.07) is 28.2. The first-order valence-electron chi connectivity index (χ1n) is 9.40. The molecule has 0 bridgehead atoms. The van der Waals surface area contributed by atoms with Gasteiger partial charge in [0.1, 0.15) is 26.3 Å². The Morgan fingerprint density at radius 3 is 1.38 bits per heavy atom. The van der Waals surface area contributed by atoms with Crippen LogP contribution in [0.3, 0.4) is 0 Å². The highest BCUT2D eigenvalue weighted by atomic mass is 16.5. The molecule has 0 saturated heterocycles. The first kappa shape index (κ1) is 20.1. The predicted molar refractivity (Wildman–Crippen MR) is 111 cm³/mol. The average Bonchev–Trinajstić information content (AvgIpc) is 2.78. The number of carbonyl (C=O) groups is 2. The van der Waals surface area contributed by atoms with Crippen LogP contribution in [-0.2, 0) is 32.3 Å². The smallest absolute Gasteiger partial charge is 0.325 e. The molecular formula is C24H23NO4. The molecule has 0 spiro atoms. The number of rotatable bonds is 9. The number of benzene rings is 3. The second kappa shape index (κ2) is 10.7. The lowest BCUT2D eigenvalue weighted by atomic mass is 10.2. The molecular weight excluding hydrogens is 366 g/mol. The molecule has 0 unspecified atom stereocenters. The van der Waals surface area contributed by atoms with Crippen molar-refractivity contribution < 1.29 is 19.1 Å². The normalized spacial score (nSPS) is 10.2. The number of para-hydroxylation sites is 1. The Morgan fingerprint density at radius 1 is 0.586 bits per heavy atom. The Balaban J connectivity index is 1.57. The van der Waals surface area contributed by atoms with Crippen LogP contribution in [0.25, 0.3) is 0 Å². The lowest BCUT2D eigenvalue weighted by Crippen LogP contribution is -2.36. The van der Waals surface area contributed by atoms with Gasteiger partial charge in [-0.3, -0.25) is 9.59 Å². The van der Waals surface area contributed by atoms with Crippen molar-refractivity contribution in [2.24, 2.45) is 0 Å². The summed E-state index contributed by atoms with van der Waals surface area (Å²) in [6.45, 7) is 0.302. The van der Waals surface area contributed by atoms with Gasteiger partial charge in [0.2, 0.25) is 0 Å². The van der Waals surface area contributed by atoms with Gasteiger partial charge in [-0.15, -0.1) is 0 Å². The average molecular weight is 389 g/mol. The van der Waals surface area contributed by atoms with E-state index in [2.05, 4.69) is 0 Å². The van der Waals surface area contributed by atoms with Crippen LogP contribution in [0, 0.1) is 0 Å². The number of nitrogens with zero attached hydrogens (tertiary/aromatic N) is 1. The molecule has 3 aromatic rings. The Bertz CT molecular complexity index is 840. The van der Waals surface area contributed by atoms with Crippen LogP contribution in [0.5, 0.6) is 0 Å². The number of ether oxygens (including phenoxy) is 2. The number of hydrogen-bond acceptors (Lipinski definition) is 5. The van der Waals surface area contributed by atoms with Crippen LogP contribution in [0.2, 0.25) is 0 Å². The molecule has 0 saturated carbocycles. The third kappa shape index (κ3) is 6.81. The van der Waals surface area contributed by atoms with Crippen LogP contribution in [0.15, 0.2) is 91.0 Å². The molecule has 29 heavy (non-hydrogen) atoms. The Labute approximate surface area is 170 Å². The monoisotopic (exact) mass is 389 g/mol. The minimum absolute atomic E-state index is 0.0444. The van der Waals surface area contributed by atoms with E-state index in [1.54, 1.807) is 4.90 Å². The highest BCUT2D eigenvalue weighted by molar-refractivity contribution is 5.81. The van der Waals surface area contributed by atoms with Crippen LogP contribution < -0.4 is 4.90 Å². The fourth-order valence-corrected chi connectivity index (χ4v) is 2.76. The first-order valence-corrected chi connectivity index (χ1v) is 9.40. The zero-order chi connectivity index (χ0) is 20.3. The third-order valence-corrected chi connectivity index (χ3v) is 4.25. The van der Waals surface area contributed by atoms with Gasteiger partial charge in [-0.05, 0) is 23.3 Å². The zero-order valence-electron chi connectivity index (χ0n) is 16.1. The van der Waals surface area contributed by atoms with Crippen molar-refractivity contribution >= 4 is 17.6 Å². The molecule has 0 radical (unpaired) electrons. The Hall–Kier alpha value is -3.60. The van der Waals surface area contributed by atoms with E-state index >= 15 is 0 Å². The van der Waals surface area contributed by atoms with E-state index in [1.165, 1.54) is 0 Å². The molecule has 0 aliphatic carbocycles. The van der Waals surface area contributed by atoms with E-state index < -0.39 is 11.9 Å². The predicted octanol–water partition coefficient (Wildman–Crippen LogP) is 3.98. The van der Waals surface area contributed by atoms with Gasteiger partial charge < -0.3 is 14.4 Å². The maximum absolute atomic E-state index is 12.3. The molecule has 0 N–H and O–H groups in total. The summed E-state index contributed by atoms with van der Waals surface area (Å²) < 4.78 is 10.7. The molecule has 5 nitrogen and oxygen atoms in total. The van der Waals surface area contributed by atoms with E-state index in [0.717, 1.165) is 16.8 Å². The molecule has 0 fully saturated rings. The van der Waals surface area contributed by atoms with Crippen LogP contribution >= 0.6 is 0 Å². The Kier molecular flexibility index (Phi) is 7.41. The van der Waals surface area contributed by atoms with Crippen LogP contribution in [0.4, 0.5) is 5.69 Å². The van der Waals surface area contributed by atoms with Crippen molar-refractivity contribution in [3.05, 3.63) is 102 Å². The van der Waals surface area contributed by atoms with Crippen molar-refractivity contribution in [1.82, 2.24) is 0 Å². The van der Waals surface area contributed by atoms with E-state index in [0.29, 0.717) is 0 Å². The van der Waals surface area contributed by atoms with Gasteiger partial charge in [0.25, 0.3) is 0 Å². The summed E-state index contributed by atoms with van der Waals surface area (Å²) in [5.41, 5.74) is 2.57. The number of esters is 2. The molecule has 148 valence electrons. The van der Waals surface area contributed by atoms with Crippen molar-refractivity contribution in [3.8, 4) is 0 Å². The van der Waals surface area contributed by atoms with Gasteiger partial charge in [-0.1, -0.05) is 78.9 Å². The molecule has 3 aromatic carbocycles. The van der Waals surface area contributed by atoms with Gasteiger partial charge in [-0.25, -0.2) is 0 Å². The maximum atomic E-state index is 12.3. The fourth-order valence-electron chi connectivity index (χ4n) is 2.76. The molecule has 3 rings (SSSR count). The number of hydrogen-bond donors (Lipinski definition) is 0. The topological polar surface area (TPSA) is 55.8 Å². The SMILES string of the molecule is O=C(CN(CC(=O)OCc1ccccc1)c1ccccc1)OCc1ccccc1. The highest BCUT2D eigenvalue weighted by Gasteiger charge is 2.17. The molecule has 0 aliphatic rings. The number of carbonyl (C=O) groups excluding carboxylic acids is 2. The second-order valence-corrected chi connectivity index (χ2v) is 6.48. The summed E-state index contributed by atoms with van der Waals surface area (Å²) in [6.07, 6.45) is 0. The van der Waals surface area contributed by atoms with Gasteiger partial charge in [0.15, 0.2) is 0 Å². The minimum Gasteiger partial charge on any atom is -0.459 e. The lowest BCUT2D eigenvalue weighted by molar-refractivity contribution is -0.144. The summed E-state index contributed by atoms with van der Waals surface area (Å²) in [7, 11) is 0. The van der Waals surface area contributed by atoms with E-state index in [9.17, 15) is 9.59 Å². The van der Waals surface area contributed by atoms with Crippen LogP contribution in [-0.4, -0.2) is 25.0 Å². The lowest BCUT2D eigenvalue weighted by Gasteiger charge is -2.23. The van der Waals surface area contributed by atoms with Crippen molar-refractivity contribution in [2.45, 2.75) is 13.2 Å². The van der Waals surface area contributed by atoms with Gasteiger partial charge in [-0.2, -0.15) is 0 Å². The van der Waals surface area contributed by atoms with E-state index in [-0.39, 0.29) is 26.3 Å². The molecule has 0 atom stereocenters. The number of anilines is 1. The standard InChI is InChI=1S/C24H23NO4/c26-23(28-18-20-10-4-1-5-11-20)16-25(22-14-8-3-9-15-22)17-24(27)29-19-21-12-6-2-7-13-21/h1-15H,16-19H2. The summed E-state index contributed by atoms with van der Waals surface area (Å²) in [5, 5.41) is 0. The molecule has 0 amide bonds. The minimum atomic E-state index is -0.409. The molecule has 5 heteroatoms. The van der Waals surface area contributed by atoms with Gasteiger partial charge >= 0.3 is 11.9 Å². The molecule has 0 aliphatic heterocycles. The third-order valence-electron chi connectivity index (χ3n) is 4.25. The second-order valence-electron chi connectivity index (χ2n) is 6.48.